The Morgan fingerprint density at radius 1 is 0.582 bits per heavy atom. The summed E-state index contributed by atoms with van der Waals surface area (Å²) in [6.07, 6.45) is 10.9. The Kier molecular flexibility index (Phi) is 17.4. The number of hydrogen-bond acceptors (Lipinski definition) is 10. The Balaban J connectivity index is 0.000000153. The van der Waals surface area contributed by atoms with E-state index in [1.807, 2.05) is 83.5 Å². The first-order valence-electron chi connectivity index (χ1n) is 27.7. The standard InChI is InChI=1S/C31H34ClN5O2.C21H21ClN4O2.C10H14ClN/c1-19-5-6-24(32)14-21(19)13-20(2)34-26-7-8-33-30(38)29(26)28-16-22-15-25-23(17-27(22)35-28)18-37(31(25)39)12-11-36-9-3-4-10-36;22-16-3-4-23-20(27)19(16)18-10-13-9-15-14(11-17(13)24-18)12-26(21(15)28)8-7-25-5-1-2-6-25;1-7-3-4-10(11)6-9(7)5-8(2)12/h5-8,14-15,17,20H,3-4,9-13,16,18H2,1-2H3,(H2,33,34,38);3-4,9,11H,1-2,5-8,10,12H2,(H,23,27);3-4,6,8H,5,12H2,1-2H3/t20-;;8-/m0.0/s1. The van der Waals surface area contributed by atoms with Gasteiger partial charge >= 0.3 is 0 Å². The van der Waals surface area contributed by atoms with E-state index in [9.17, 15) is 19.2 Å². The van der Waals surface area contributed by atoms with Crippen molar-refractivity contribution in [3.05, 3.63) is 188 Å². The number of likely N-dealkylation sites (tertiary alicyclic amines) is 2. The Hall–Kier alpha value is -6.39. The quantitative estimate of drug-likeness (QED) is 0.0833. The summed E-state index contributed by atoms with van der Waals surface area (Å²) in [5.41, 5.74) is 20.5. The number of halogens is 3. The van der Waals surface area contributed by atoms with Crippen molar-refractivity contribution in [3.63, 3.8) is 0 Å². The molecule has 2 atom stereocenters. The van der Waals surface area contributed by atoms with Crippen LogP contribution in [0, 0.1) is 13.8 Å². The van der Waals surface area contributed by atoms with Gasteiger partial charge < -0.3 is 40.6 Å². The van der Waals surface area contributed by atoms with Crippen LogP contribution < -0.4 is 22.2 Å². The summed E-state index contributed by atoms with van der Waals surface area (Å²) in [6, 6.07) is 23.6. The summed E-state index contributed by atoms with van der Waals surface area (Å²) in [4.78, 5) is 75.0. The van der Waals surface area contributed by atoms with E-state index in [4.69, 9.17) is 45.5 Å². The average Bonchev–Trinajstić information content (AvgIpc) is 4.51. The van der Waals surface area contributed by atoms with Gasteiger partial charge in [0, 0.05) is 97.8 Å². The molecule has 0 saturated carbocycles. The molecule has 14 nitrogen and oxygen atoms in total. The van der Waals surface area contributed by atoms with E-state index in [1.165, 1.54) is 54.1 Å². The largest absolute Gasteiger partial charge is 0.382 e. The number of anilines is 1. The molecule has 6 aliphatic heterocycles. The van der Waals surface area contributed by atoms with E-state index < -0.39 is 0 Å². The smallest absolute Gasteiger partial charge is 0.259 e. The normalized spacial score (nSPS) is 17.1. The molecular formula is C62H69Cl3N10O4. The number of benzene rings is 4. The number of aromatic amines is 2. The van der Waals surface area contributed by atoms with Crippen LogP contribution >= 0.6 is 34.8 Å². The summed E-state index contributed by atoms with van der Waals surface area (Å²) in [5.74, 6) is 0.200. The minimum Gasteiger partial charge on any atom is -0.382 e. The number of hydrogen-bond donors (Lipinski definition) is 4. The number of H-pyrrole nitrogens is 2. The van der Waals surface area contributed by atoms with Crippen LogP contribution in [0.2, 0.25) is 15.1 Å². The van der Waals surface area contributed by atoms with E-state index >= 15 is 0 Å². The van der Waals surface area contributed by atoms with Gasteiger partial charge in [0.15, 0.2) is 0 Å². The number of fused-ring (bicyclic) bond motifs is 4. The van der Waals surface area contributed by atoms with Crippen LogP contribution in [-0.2, 0) is 38.8 Å². The lowest BCUT2D eigenvalue weighted by molar-refractivity contribution is 0.0756. The molecule has 8 heterocycles. The van der Waals surface area contributed by atoms with E-state index in [0.29, 0.717) is 47.8 Å². The maximum absolute atomic E-state index is 13.2. The molecule has 17 heteroatoms. The van der Waals surface area contributed by atoms with Gasteiger partial charge in [0.25, 0.3) is 22.9 Å². The number of aryl methyl sites for hydroxylation is 2. The minimum absolute atomic E-state index is 0.0695. The third kappa shape index (κ3) is 13.0. The van der Waals surface area contributed by atoms with E-state index in [1.54, 1.807) is 12.3 Å². The summed E-state index contributed by atoms with van der Waals surface area (Å²) < 4.78 is 0. The molecule has 2 amide bonds. The second-order valence-corrected chi connectivity index (χ2v) is 23.3. The van der Waals surface area contributed by atoms with Gasteiger partial charge in [0.2, 0.25) is 0 Å². The van der Waals surface area contributed by atoms with Crippen LogP contribution in [0.1, 0.15) is 116 Å². The molecule has 0 unspecified atom stereocenters. The first kappa shape index (κ1) is 55.9. The number of carbonyl (C=O) groups is 2. The van der Waals surface area contributed by atoms with Gasteiger partial charge in [-0.15, -0.1) is 0 Å². The number of aromatic nitrogens is 2. The lowest BCUT2D eigenvalue weighted by atomic mass is 9.99. The molecule has 6 aromatic rings. The average molecular weight is 1120 g/mol. The molecule has 79 heavy (non-hydrogen) atoms. The number of carbonyl (C=O) groups excluding carboxylic acids is 2. The molecular weight excluding hydrogens is 1060 g/mol. The highest BCUT2D eigenvalue weighted by atomic mass is 35.5. The van der Waals surface area contributed by atoms with Gasteiger partial charge in [-0.05, 0) is 198 Å². The van der Waals surface area contributed by atoms with Crippen molar-refractivity contribution in [2.45, 2.75) is 104 Å². The SMILES string of the molecule is Cc1ccc(Cl)cc1C[C@H](C)N.Cc1ccc(Cl)cc1C[C@H](C)Nc1cc[nH]c(=O)c1C1=Nc2cc3c(cc2C1)C(=O)N(CCN1CCCC1)C3.O=C1c2cc3c(cc2CN1CCN1CCCC1)N=C(c1c(Cl)cc[nH]c1=O)C3. The predicted molar refractivity (Wildman–Crippen MR) is 319 cm³/mol. The lowest BCUT2D eigenvalue weighted by Gasteiger charge is -2.20. The molecule has 0 aliphatic carbocycles. The minimum atomic E-state index is -0.240. The molecule has 2 fully saturated rings. The first-order chi connectivity index (χ1) is 38.0. The summed E-state index contributed by atoms with van der Waals surface area (Å²) in [7, 11) is 0. The van der Waals surface area contributed by atoms with Gasteiger partial charge in [-0.2, -0.15) is 0 Å². The van der Waals surface area contributed by atoms with E-state index in [2.05, 4.69) is 50.8 Å². The maximum atomic E-state index is 13.2. The van der Waals surface area contributed by atoms with Crippen LogP contribution in [0.4, 0.5) is 17.1 Å². The zero-order valence-corrected chi connectivity index (χ0v) is 47.8. The van der Waals surface area contributed by atoms with Gasteiger partial charge in [0.05, 0.1) is 44.6 Å². The Labute approximate surface area is 477 Å². The van der Waals surface area contributed by atoms with Crippen molar-refractivity contribution in [1.82, 2.24) is 29.6 Å². The number of nitrogens with one attached hydrogen (secondary N) is 3. The van der Waals surface area contributed by atoms with Crippen molar-refractivity contribution >= 4 is 75.1 Å². The summed E-state index contributed by atoms with van der Waals surface area (Å²) in [6.45, 7) is 17.5. The number of nitrogens with zero attached hydrogens (tertiary/aromatic N) is 6. The number of nitrogens with two attached hydrogens (primary N) is 1. The highest BCUT2D eigenvalue weighted by Crippen LogP contribution is 2.38. The number of aliphatic imine (C=N–C) groups is 2. The highest BCUT2D eigenvalue weighted by molar-refractivity contribution is 6.34. The maximum Gasteiger partial charge on any atom is 0.259 e. The van der Waals surface area contributed by atoms with E-state index in [0.717, 1.165) is 131 Å². The monoisotopic (exact) mass is 1120 g/mol. The molecule has 6 aliphatic rings. The number of amides is 2. The number of rotatable bonds is 14. The third-order valence-electron chi connectivity index (χ3n) is 15.9. The molecule has 412 valence electrons. The molecule has 2 saturated heterocycles. The van der Waals surface area contributed by atoms with Gasteiger partial charge in [0.1, 0.15) is 0 Å². The summed E-state index contributed by atoms with van der Waals surface area (Å²) >= 11 is 18.3. The Bertz CT molecular complexity index is 3490. The van der Waals surface area contributed by atoms with Crippen molar-refractivity contribution in [1.29, 1.82) is 0 Å². The van der Waals surface area contributed by atoms with Gasteiger partial charge in [-0.1, -0.05) is 46.9 Å². The van der Waals surface area contributed by atoms with Crippen LogP contribution in [0.15, 0.2) is 105 Å². The molecule has 4 aromatic carbocycles. The van der Waals surface area contributed by atoms with Crippen molar-refractivity contribution in [3.8, 4) is 0 Å². The molecule has 12 rings (SSSR count). The first-order valence-corrected chi connectivity index (χ1v) is 28.8. The second-order valence-electron chi connectivity index (χ2n) is 22.0. The fourth-order valence-electron chi connectivity index (χ4n) is 11.6. The molecule has 0 bridgehead atoms. The second kappa shape index (κ2) is 24.5. The fraction of sp³-hybridized carbons (Fsp3) is 0.387. The van der Waals surface area contributed by atoms with Gasteiger partial charge in [-0.3, -0.25) is 29.2 Å². The third-order valence-corrected chi connectivity index (χ3v) is 16.7. The fourth-order valence-corrected chi connectivity index (χ4v) is 12.3. The summed E-state index contributed by atoms with van der Waals surface area (Å²) in [5, 5.41) is 5.44. The van der Waals surface area contributed by atoms with Crippen molar-refractivity contribution in [2.75, 3.05) is 57.7 Å². The Morgan fingerprint density at radius 2 is 1.05 bits per heavy atom. The zero-order chi connectivity index (χ0) is 55.5. The topological polar surface area (TPSA) is 176 Å². The van der Waals surface area contributed by atoms with Crippen LogP contribution in [0.5, 0.6) is 0 Å². The molecule has 5 N–H and O–H groups in total. The van der Waals surface area contributed by atoms with Crippen molar-refractivity contribution < 1.29 is 9.59 Å². The lowest BCUT2D eigenvalue weighted by Crippen LogP contribution is -2.33. The molecule has 0 spiro atoms. The van der Waals surface area contributed by atoms with Crippen LogP contribution in [0.25, 0.3) is 0 Å². The highest BCUT2D eigenvalue weighted by Gasteiger charge is 2.33. The molecule has 0 radical (unpaired) electrons. The number of pyridine rings is 2. The van der Waals surface area contributed by atoms with E-state index in [-0.39, 0.29) is 35.0 Å². The molecule has 2 aromatic heterocycles. The Morgan fingerprint density at radius 3 is 1.54 bits per heavy atom. The van der Waals surface area contributed by atoms with Crippen LogP contribution in [-0.4, -0.2) is 117 Å². The van der Waals surface area contributed by atoms with Crippen molar-refractivity contribution in [2.24, 2.45) is 15.7 Å². The predicted octanol–water partition coefficient (Wildman–Crippen LogP) is 10.4. The zero-order valence-electron chi connectivity index (χ0n) is 45.5. The van der Waals surface area contributed by atoms with Crippen LogP contribution in [0.3, 0.4) is 0 Å². The van der Waals surface area contributed by atoms with Gasteiger partial charge in [-0.25, -0.2) is 0 Å².